The van der Waals surface area contributed by atoms with Gasteiger partial charge < -0.3 is 4.90 Å². The maximum absolute atomic E-state index is 11.7. The van der Waals surface area contributed by atoms with E-state index in [1.54, 1.807) is 0 Å². The zero-order valence-electron chi connectivity index (χ0n) is 10.2. The first-order chi connectivity index (χ1) is 8.08. The molecule has 2 fully saturated rings. The van der Waals surface area contributed by atoms with E-state index in [4.69, 9.17) is 0 Å². The number of rotatable bonds is 1. The molecule has 2 aliphatic heterocycles. The molecule has 3 rings (SSSR count). The Morgan fingerprint density at radius 1 is 1.47 bits per heavy atom. The summed E-state index contributed by atoms with van der Waals surface area (Å²) in [6.07, 6.45) is 9.93. The van der Waals surface area contributed by atoms with Gasteiger partial charge in [0.1, 0.15) is 4.48 Å². The van der Waals surface area contributed by atoms with E-state index in [0.29, 0.717) is 17.4 Å². The number of likely N-dealkylation sites (tertiary alicyclic amines) is 1. The Hall–Kier alpha value is -0.640. The number of nitrogens with zero attached hydrogens (tertiary/aromatic N) is 2. The number of hydrogen-bond acceptors (Lipinski definition) is 1. The lowest BCUT2D eigenvalue weighted by molar-refractivity contribution is -0.511. The van der Waals surface area contributed by atoms with Crippen LogP contribution in [0.25, 0.3) is 0 Å². The van der Waals surface area contributed by atoms with Gasteiger partial charge in [-0.2, -0.15) is 4.58 Å². The molecule has 0 aromatic carbocycles. The Morgan fingerprint density at radius 3 is 2.59 bits per heavy atom. The predicted octanol–water partition coefficient (Wildman–Crippen LogP) is 2.11. The predicted molar refractivity (Wildman–Crippen MR) is 70.3 cm³/mol. The molecule has 92 valence electrons. The Bertz CT molecular complexity index is 419. The lowest BCUT2D eigenvalue weighted by Gasteiger charge is -2.34. The second-order valence-electron chi connectivity index (χ2n) is 5.75. The van der Waals surface area contributed by atoms with Crippen molar-refractivity contribution in [2.45, 2.75) is 38.1 Å². The molecule has 1 spiro atoms. The molecule has 0 aromatic rings. The number of hydrogen-bond donors (Lipinski definition) is 0. The molecular formula is C13H18BrN2O+. The minimum absolute atomic E-state index is 0.300. The summed E-state index contributed by atoms with van der Waals surface area (Å²) in [5.41, 5.74) is 0.300. The van der Waals surface area contributed by atoms with Crippen LogP contribution in [-0.2, 0) is 4.79 Å². The van der Waals surface area contributed by atoms with Gasteiger partial charge in [0.2, 0.25) is 5.91 Å². The third-order valence-corrected chi connectivity index (χ3v) is 4.92. The standard InChI is InChI=1S/C13H18BrN2O/c1-15-9-13(6-12(15)17)4-2-11(3-5-13)16-7-10(14)8-16/h7-8,11H,2-6,9H2,1H3/q+1. The van der Waals surface area contributed by atoms with Gasteiger partial charge in [0, 0.05) is 32.9 Å². The van der Waals surface area contributed by atoms with Gasteiger partial charge in [0.15, 0.2) is 18.5 Å². The highest BCUT2D eigenvalue weighted by Crippen LogP contribution is 2.44. The van der Waals surface area contributed by atoms with Crippen molar-refractivity contribution in [3.05, 3.63) is 10.7 Å². The van der Waals surface area contributed by atoms with E-state index in [0.717, 1.165) is 13.0 Å². The minimum atomic E-state index is 0.300. The molecule has 4 heteroatoms. The fourth-order valence-corrected chi connectivity index (χ4v) is 3.91. The second kappa shape index (κ2) is 3.94. The Labute approximate surface area is 110 Å². The van der Waals surface area contributed by atoms with Crippen molar-refractivity contribution in [1.29, 1.82) is 0 Å². The molecule has 0 radical (unpaired) electrons. The van der Waals surface area contributed by atoms with Gasteiger partial charge in [-0.25, -0.2) is 0 Å². The third-order valence-electron chi connectivity index (χ3n) is 4.51. The Balaban J connectivity index is 1.61. The average Bonchev–Trinajstić information content (AvgIpc) is 2.52. The monoisotopic (exact) mass is 297 g/mol. The molecule has 2 heterocycles. The lowest BCUT2D eigenvalue weighted by atomic mass is 9.71. The van der Waals surface area contributed by atoms with Crippen molar-refractivity contribution >= 4 is 28.1 Å². The summed E-state index contributed by atoms with van der Waals surface area (Å²) in [5.74, 6) is 0.335. The van der Waals surface area contributed by atoms with E-state index in [1.165, 1.54) is 30.2 Å². The summed E-state index contributed by atoms with van der Waals surface area (Å²) in [7, 11) is 1.94. The van der Waals surface area contributed by atoms with Crippen LogP contribution in [0.4, 0.5) is 0 Å². The summed E-state index contributed by atoms with van der Waals surface area (Å²) < 4.78 is 3.51. The van der Waals surface area contributed by atoms with Crippen LogP contribution in [0.5, 0.6) is 0 Å². The van der Waals surface area contributed by atoms with Gasteiger partial charge in [-0.15, -0.1) is 0 Å². The highest BCUT2D eigenvalue weighted by atomic mass is 79.9. The summed E-state index contributed by atoms with van der Waals surface area (Å²) in [6.45, 7) is 0.974. The van der Waals surface area contributed by atoms with E-state index >= 15 is 0 Å². The van der Waals surface area contributed by atoms with Crippen molar-refractivity contribution in [1.82, 2.24) is 4.90 Å². The maximum Gasteiger partial charge on any atom is 0.222 e. The molecule has 1 saturated carbocycles. The number of carbonyl (C=O) groups excluding carboxylic acids is 1. The van der Waals surface area contributed by atoms with Gasteiger partial charge >= 0.3 is 0 Å². The molecule has 1 amide bonds. The Morgan fingerprint density at radius 2 is 2.12 bits per heavy atom. The van der Waals surface area contributed by atoms with Crippen LogP contribution in [0.3, 0.4) is 0 Å². The van der Waals surface area contributed by atoms with Crippen LogP contribution in [-0.4, -0.2) is 41.2 Å². The van der Waals surface area contributed by atoms with Crippen molar-refractivity contribution < 1.29 is 9.37 Å². The highest BCUT2D eigenvalue weighted by molar-refractivity contribution is 9.12. The highest BCUT2D eigenvalue weighted by Gasteiger charge is 2.46. The molecular weight excluding hydrogens is 280 g/mol. The molecule has 3 aliphatic rings. The normalized spacial score (nSPS) is 36.9. The first-order valence-electron chi connectivity index (χ1n) is 6.32. The van der Waals surface area contributed by atoms with Crippen molar-refractivity contribution in [3.63, 3.8) is 0 Å². The quantitative estimate of drug-likeness (QED) is 0.680. The van der Waals surface area contributed by atoms with Crippen LogP contribution in [0, 0.1) is 5.41 Å². The van der Waals surface area contributed by atoms with Crippen molar-refractivity contribution in [2.24, 2.45) is 5.41 Å². The minimum Gasteiger partial charge on any atom is -0.345 e. The summed E-state index contributed by atoms with van der Waals surface area (Å²) >= 11 is 3.46. The summed E-state index contributed by atoms with van der Waals surface area (Å²) in [4.78, 5) is 13.6. The van der Waals surface area contributed by atoms with Gasteiger partial charge in [0.25, 0.3) is 0 Å². The molecule has 0 N–H and O–H groups in total. The largest absolute Gasteiger partial charge is 0.345 e. The lowest BCUT2D eigenvalue weighted by Crippen LogP contribution is -2.37. The van der Waals surface area contributed by atoms with E-state index in [2.05, 4.69) is 32.9 Å². The first-order valence-corrected chi connectivity index (χ1v) is 7.11. The summed E-state index contributed by atoms with van der Waals surface area (Å²) in [6, 6.07) is 0.655. The number of allylic oxidation sites excluding steroid dienone is 1. The fourth-order valence-electron chi connectivity index (χ4n) is 3.44. The number of amides is 1. The zero-order valence-corrected chi connectivity index (χ0v) is 11.7. The van der Waals surface area contributed by atoms with Crippen LogP contribution in [0.1, 0.15) is 32.1 Å². The topological polar surface area (TPSA) is 23.3 Å². The Kier molecular flexibility index (Phi) is 2.65. The SMILES string of the molecule is CN1CC2(CCC([N+]3=CC(Br)=C3)CC2)CC1=O. The van der Waals surface area contributed by atoms with Crippen LogP contribution in [0.2, 0.25) is 0 Å². The van der Waals surface area contributed by atoms with E-state index in [1.807, 2.05) is 11.9 Å². The molecule has 0 aromatic heterocycles. The van der Waals surface area contributed by atoms with Gasteiger partial charge in [-0.3, -0.25) is 4.79 Å². The van der Waals surface area contributed by atoms with E-state index < -0.39 is 0 Å². The molecule has 0 unspecified atom stereocenters. The molecule has 1 aliphatic carbocycles. The van der Waals surface area contributed by atoms with E-state index in [9.17, 15) is 4.79 Å². The van der Waals surface area contributed by atoms with Crippen LogP contribution in [0.15, 0.2) is 10.7 Å². The zero-order chi connectivity index (χ0) is 12.0. The van der Waals surface area contributed by atoms with Crippen LogP contribution >= 0.6 is 15.9 Å². The first kappa shape index (κ1) is 11.5. The van der Waals surface area contributed by atoms with Crippen LogP contribution < -0.4 is 0 Å². The van der Waals surface area contributed by atoms with Crippen molar-refractivity contribution in [3.8, 4) is 0 Å². The molecule has 1 saturated heterocycles. The molecule has 0 atom stereocenters. The molecule has 0 bridgehead atoms. The fraction of sp³-hybridized carbons (Fsp3) is 0.692. The van der Waals surface area contributed by atoms with E-state index in [-0.39, 0.29) is 0 Å². The number of halogens is 1. The van der Waals surface area contributed by atoms with Gasteiger partial charge in [-0.1, -0.05) is 0 Å². The van der Waals surface area contributed by atoms with Gasteiger partial charge in [0.05, 0.1) is 0 Å². The average molecular weight is 298 g/mol. The van der Waals surface area contributed by atoms with Gasteiger partial charge in [-0.05, 0) is 34.2 Å². The smallest absolute Gasteiger partial charge is 0.222 e. The third kappa shape index (κ3) is 1.96. The van der Waals surface area contributed by atoms with Crippen molar-refractivity contribution in [2.75, 3.05) is 13.6 Å². The molecule has 17 heavy (non-hydrogen) atoms. The number of carbonyl (C=O) groups is 1. The molecule has 3 nitrogen and oxygen atoms in total. The second-order valence-corrected chi connectivity index (χ2v) is 6.66. The summed E-state index contributed by atoms with van der Waals surface area (Å²) in [5, 5.41) is 0. The maximum atomic E-state index is 11.7.